The molecular weight excluding hydrogens is 399 g/mol. The van der Waals surface area contributed by atoms with Crippen molar-refractivity contribution in [2.75, 3.05) is 12.3 Å². The Morgan fingerprint density at radius 2 is 1.83 bits per heavy atom. The van der Waals surface area contributed by atoms with E-state index in [-0.39, 0.29) is 30.6 Å². The SMILES string of the molecule is CCCCNC(=O)C(C)N(Cc1ccccc1F)C(=O)CCSc1ccc(C)cc1. The van der Waals surface area contributed by atoms with E-state index in [9.17, 15) is 14.0 Å². The Morgan fingerprint density at radius 3 is 2.50 bits per heavy atom. The fraction of sp³-hybridized carbons (Fsp3) is 0.417. The van der Waals surface area contributed by atoms with Crippen molar-refractivity contribution >= 4 is 23.6 Å². The van der Waals surface area contributed by atoms with Crippen LogP contribution in [0.3, 0.4) is 0 Å². The second kappa shape index (κ2) is 12.4. The number of benzene rings is 2. The van der Waals surface area contributed by atoms with Crippen LogP contribution in [0.25, 0.3) is 0 Å². The molecule has 162 valence electrons. The molecule has 2 aromatic carbocycles. The number of amides is 2. The number of nitrogens with zero attached hydrogens (tertiary/aromatic N) is 1. The molecule has 0 aliphatic carbocycles. The lowest BCUT2D eigenvalue weighted by Gasteiger charge is -2.29. The molecule has 6 heteroatoms. The van der Waals surface area contributed by atoms with E-state index in [0.29, 0.717) is 17.9 Å². The normalized spacial score (nSPS) is 11.7. The second-order valence-electron chi connectivity index (χ2n) is 7.35. The number of aryl methyl sites for hydroxylation is 1. The second-order valence-corrected chi connectivity index (χ2v) is 8.51. The summed E-state index contributed by atoms with van der Waals surface area (Å²) >= 11 is 1.60. The molecule has 0 heterocycles. The molecule has 0 bridgehead atoms. The number of rotatable bonds is 11. The number of hydrogen-bond acceptors (Lipinski definition) is 3. The summed E-state index contributed by atoms with van der Waals surface area (Å²) in [6.07, 6.45) is 2.13. The van der Waals surface area contributed by atoms with E-state index in [0.717, 1.165) is 17.7 Å². The molecule has 0 aliphatic heterocycles. The van der Waals surface area contributed by atoms with Gasteiger partial charge in [0.25, 0.3) is 0 Å². The van der Waals surface area contributed by atoms with Crippen molar-refractivity contribution in [3.63, 3.8) is 0 Å². The van der Waals surface area contributed by atoms with Gasteiger partial charge >= 0.3 is 0 Å². The van der Waals surface area contributed by atoms with Gasteiger partial charge in [0.1, 0.15) is 11.9 Å². The third-order valence-electron chi connectivity index (χ3n) is 4.90. The lowest BCUT2D eigenvalue weighted by molar-refractivity contribution is -0.140. The van der Waals surface area contributed by atoms with Crippen molar-refractivity contribution in [1.29, 1.82) is 0 Å². The van der Waals surface area contributed by atoms with Gasteiger partial charge < -0.3 is 10.2 Å². The van der Waals surface area contributed by atoms with Gasteiger partial charge in [-0.05, 0) is 38.5 Å². The average Bonchev–Trinajstić information content (AvgIpc) is 2.74. The summed E-state index contributed by atoms with van der Waals surface area (Å²) in [6, 6.07) is 13.9. The summed E-state index contributed by atoms with van der Waals surface area (Å²) in [5, 5.41) is 2.87. The van der Waals surface area contributed by atoms with Gasteiger partial charge in [0.05, 0.1) is 0 Å². The zero-order valence-electron chi connectivity index (χ0n) is 18.0. The number of carbonyl (C=O) groups excluding carboxylic acids is 2. The molecule has 2 rings (SSSR count). The average molecular weight is 431 g/mol. The molecule has 0 saturated carbocycles. The molecule has 0 spiro atoms. The summed E-state index contributed by atoms with van der Waals surface area (Å²) in [6.45, 7) is 6.43. The number of unbranched alkanes of at least 4 members (excludes halogenated alkanes) is 1. The predicted octanol–water partition coefficient (Wildman–Crippen LogP) is 4.95. The van der Waals surface area contributed by atoms with Crippen LogP contribution >= 0.6 is 11.8 Å². The first kappa shape index (κ1) is 23.9. The maximum absolute atomic E-state index is 14.2. The van der Waals surface area contributed by atoms with Crippen molar-refractivity contribution in [1.82, 2.24) is 10.2 Å². The minimum atomic E-state index is -0.668. The maximum atomic E-state index is 14.2. The summed E-state index contributed by atoms with van der Waals surface area (Å²) < 4.78 is 14.2. The highest BCUT2D eigenvalue weighted by Gasteiger charge is 2.26. The number of halogens is 1. The molecule has 0 aliphatic rings. The smallest absolute Gasteiger partial charge is 0.242 e. The standard InChI is InChI=1S/C24H31FN2O2S/c1-4-5-15-26-24(29)19(3)27(17-20-8-6-7-9-22(20)25)23(28)14-16-30-21-12-10-18(2)11-13-21/h6-13,19H,4-5,14-17H2,1-3H3,(H,26,29). The minimum absolute atomic E-state index is 0.0725. The topological polar surface area (TPSA) is 49.4 Å². The van der Waals surface area contributed by atoms with Crippen molar-refractivity contribution < 1.29 is 14.0 Å². The van der Waals surface area contributed by atoms with Crippen LogP contribution in [0.4, 0.5) is 4.39 Å². The van der Waals surface area contributed by atoms with Crippen LogP contribution in [0.2, 0.25) is 0 Å². The zero-order chi connectivity index (χ0) is 21.9. The highest BCUT2D eigenvalue weighted by molar-refractivity contribution is 7.99. The Labute approximate surface area is 183 Å². The van der Waals surface area contributed by atoms with Gasteiger partial charge in [-0.15, -0.1) is 11.8 Å². The lowest BCUT2D eigenvalue weighted by Crippen LogP contribution is -2.48. The molecule has 4 nitrogen and oxygen atoms in total. The minimum Gasteiger partial charge on any atom is -0.354 e. The molecule has 2 aromatic rings. The van der Waals surface area contributed by atoms with Crippen molar-refractivity contribution in [3.05, 3.63) is 65.5 Å². The molecule has 0 aromatic heterocycles. The van der Waals surface area contributed by atoms with Gasteiger partial charge in [-0.3, -0.25) is 9.59 Å². The van der Waals surface area contributed by atoms with Crippen molar-refractivity contribution in [3.8, 4) is 0 Å². The van der Waals surface area contributed by atoms with Gasteiger partial charge in [0, 0.05) is 35.7 Å². The molecule has 1 N–H and O–H groups in total. The number of carbonyl (C=O) groups is 2. The highest BCUT2D eigenvalue weighted by atomic mass is 32.2. The summed E-state index contributed by atoms with van der Waals surface area (Å²) in [7, 11) is 0. The van der Waals surface area contributed by atoms with Crippen LogP contribution in [0, 0.1) is 12.7 Å². The number of thioether (sulfide) groups is 1. The summed E-state index contributed by atoms with van der Waals surface area (Å²) in [5.74, 6) is -0.141. The fourth-order valence-electron chi connectivity index (χ4n) is 2.96. The van der Waals surface area contributed by atoms with E-state index < -0.39 is 6.04 Å². The van der Waals surface area contributed by atoms with Crippen LogP contribution in [0.15, 0.2) is 53.4 Å². The van der Waals surface area contributed by atoms with Crippen LogP contribution in [-0.4, -0.2) is 35.1 Å². The van der Waals surface area contributed by atoms with E-state index in [1.807, 2.05) is 31.2 Å². The van der Waals surface area contributed by atoms with Gasteiger partial charge in [-0.1, -0.05) is 49.2 Å². The van der Waals surface area contributed by atoms with E-state index in [1.165, 1.54) is 16.5 Å². The third-order valence-corrected chi connectivity index (χ3v) is 5.91. The zero-order valence-corrected chi connectivity index (χ0v) is 18.8. The quantitative estimate of drug-likeness (QED) is 0.405. The molecule has 2 amide bonds. The van der Waals surface area contributed by atoms with Crippen LogP contribution in [0.5, 0.6) is 0 Å². The molecular formula is C24H31FN2O2S. The van der Waals surface area contributed by atoms with E-state index >= 15 is 0 Å². The number of hydrogen-bond donors (Lipinski definition) is 1. The predicted molar refractivity (Wildman–Crippen MR) is 121 cm³/mol. The molecule has 30 heavy (non-hydrogen) atoms. The third kappa shape index (κ3) is 7.48. The summed E-state index contributed by atoms with van der Waals surface area (Å²) in [5.41, 5.74) is 1.60. The summed E-state index contributed by atoms with van der Waals surface area (Å²) in [4.78, 5) is 28.1. The van der Waals surface area contributed by atoms with Gasteiger partial charge in [-0.25, -0.2) is 4.39 Å². The van der Waals surface area contributed by atoms with Crippen LogP contribution in [-0.2, 0) is 16.1 Å². The first-order chi connectivity index (χ1) is 14.4. The molecule has 1 atom stereocenters. The van der Waals surface area contributed by atoms with Crippen molar-refractivity contribution in [2.45, 2.75) is 57.5 Å². The van der Waals surface area contributed by atoms with Crippen molar-refractivity contribution in [2.24, 2.45) is 0 Å². The number of nitrogens with one attached hydrogen (secondary N) is 1. The monoisotopic (exact) mass is 430 g/mol. The lowest BCUT2D eigenvalue weighted by atomic mass is 10.1. The Morgan fingerprint density at radius 1 is 1.13 bits per heavy atom. The van der Waals surface area contributed by atoms with Gasteiger partial charge in [0.15, 0.2) is 0 Å². The Hall–Kier alpha value is -2.34. The Balaban J connectivity index is 2.04. The molecule has 0 saturated heterocycles. The highest BCUT2D eigenvalue weighted by Crippen LogP contribution is 2.21. The molecule has 0 radical (unpaired) electrons. The first-order valence-electron chi connectivity index (χ1n) is 10.4. The van der Waals surface area contributed by atoms with Crippen LogP contribution < -0.4 is 5.32 Å². The Bertz CT molecular complexity index is 826. The van der Waals surface area contributed by atoms with Gasteiger partial charge in [-0.2, -0.15) is 0 Å². The molecule has 1 unspecified atom stereocenters. The maximum Gasteiger partial charge on any atom is 0.242 e. The largest absolute Gasteiger partial charge is 0.354 e. The fourth-order valence-corrected chi connectivity index (χ4v) is 3.80. The van der Waals surface area contributed by atoms with E-state index in [1.54, 1.807) is 36.9 Å². The van der Waals surface area contributed by atoms with Gasteiger partial charge in [0.2, 0.25) is 11.8 Å². The Kier molecular flexibility index (Phi) is 9.87. The molecule has 0 fully saturated rings. The van der Waals surface area contributed by atoms with E-state index in [4.69, 9.17) is 0 Å². The van der Waals surface area contributed by atoms with E-state index in [2.05, 4.69) is 12.2 Å². The first-order valence-corrected chi connectivity index (χ1v) is 11.4. The van der Waals surface area contributed by atoms with Crippen LogP contribution in [0.1, 0.15) is 44.2 Å².